The molecule has 2 rings (SSSR count). The predicted octanol–water partition coefficient (Wildman–Crippen LogP) is 3.67. The van der Waals surface area contributed by atoms with E-state index in [1.165, 1.54) is 29.8 Å². The van der Waals surface area contributed by atoms with E-state index in [0.29, 0.717) is 6.04 Å². The average Bonchev–Trinajstić information content (AvgIpc) is 2.75. The first-order chi connectivity index (χ1) is 8.33. The van der Waals surface area contributed by atoms with Crippen LogP contribution in [0.1, 0.15) is 43.7 Å². The molecule has 1 aromatic heterocycles. The molecule has 0 fully saturated rings. The molecule has 19 heavy (non-hydrogen) atoms. The van der Waals surface area contributed by atoms with Gasteiger partial charge in [0.05, 0.1) is 5.69 Å². The van der Waals surface area contributed by atoms with Crippen molar-refractivity contribution in [1.82, 2.24) is 10.3 Å². The Labute approximate surface area is 132 Å². The predicted molar refractivity (Wildman–Crippen MR) is 89.5 cm³/mol. The van der Waals surface area contributed by atoms with Crippen molar-refractivity contribution >= 4 is 41.3 Å². The number of nitrogens with zero attached hydrogens (tertiary/aromatic N) is 1. The highest BCUT2D eigenvalue weighted by Crippen LogP contribution is 2.29. The molecule has 0 saturated carbocycles. The molecule has 1 aliphatic carbocycles. The van der Waals surface area contributed by atoms with Gasteiger partial charge in [-0.05, 0) is 38.6 Å². The standard InChI is InChI=1S/C13H23N3S.2ClH/c1-3-7-14-10-5-6-11-12(9-10)17-13(16-11)15-8-4-2;;/h10,14H,3-9H2,1-2H3,(H,15,16);2*1H/t10-;;/m0../s1. The van der Waals surface area contributed by atoms with Gasteiger partial charge in [0.2, 0.25) is 0 Å². The lowest BCUT2D eigenvalue weighted by atomic mass is 9.98. The summed E-state index contributed by atoms with van der Waals surface area (Å²) >= 11 is 1.85. The third-order valence-electron chi connectivity index (χ3n) is 3.15. The van der Waals surface area contributed by atoms with Crippen LogP contribution in [-0.4, -0.2) is 24.1 Å². The maximum atomic E-state index is 4.68. The molecule has 1 heterocycles. The van der Waals surface area contributed by atoms with Gasteiger partial charge in [-0.2, -0.15) is 0 Å². The smallest absolute Gasteiger partial charge is 0.183 e. The Morgan fingerprint density at radius 3 is 2.63 bits per heavy atom. The number of hydrogen-bond donors (Lipinski definition) is 2. The summed E-state index contributed by atoms with van der Waals surface area (Å²) in [6.45, 7) is 6.58. The maximum Gasteiger partial charge on any atom is 0.183 e. The topological polar surface area (TPSA) is 37.0 Å². The largest absolute Gasteiger partial charge is 0.362 e. The lowest BCUT2D eigenvalue weighted by molar-refractivity contribution is 0.460. The minimum atomic E-state index is 0. The molecule has 0 saturated heterocycles. The second-order valence-electron chi connectivity index (χ2n) is 4.71. The highest BCUT2D eigenvalue weighted by atomic mass is 35.5. The van der Waals surface area contributed by atoms with Gasteiger partial charge in [0.1, 0.15) is 0 Å². The van der Waals surface area contributed by atoms with Crippen LogP contribution in [0, 0.1) is 0 Å². The second kappa shape index (κ2) is 9.81. The molecule has 1 aromatic rings. The van der Waals surface area contributed by atoms with Crippen molar-refractivity contribution in [3.05, 3.63) is 10.6 Å². The van der Waals surface area contributed by atoms with Crippen molar-refractivity contribution in [2.75, 3.05) is 18.4 Å². The highest BCUT2D eigenvalue weighted by molar-refractivity contribution is 7.15. The highest BCUT2D eigenvalue weighted by Gasteiger charge is 2.21. The molecule has 0 bridgehead atoms. The van der Waals surface area contributed by atoms with Crippen molar-refractivity contribution < 1.29 is 0 Å². The lowest BCUT2D eigenvalue weighted by Crippen LogP contribution is -2.34. The number of thiazole rings is 1. The molecule has 0 aliphatic heterocycles. The van der Waals surface area contributed by atoms with Gasteiger partial charge in [-0.25, -0.2) is 4.98 Å². The van der Waals surface area contributed by atoms with E-state index in [1.54, 1.807) is 0 Å². The first-order valence-corrected chi connectivity index (χ1v) is 7.61. The van der Waals surface area contributed by atoms with Crippen LogP contribution in [0.4, 0.5) is 5.13 Å². The summed E-state index contributed by atoms with van der Waals surface area (Å²) in [7, 11) is 0. The summed E-state index contributed by atoms with van der Waals surface area (Å²) in [4.78, 5) is 6.17. The van der Waals surface area contributed by atoms with E-state index in [4.69, 9.17) is 0 Å². The maximum absolute atomic E-state index is 4.68. The first kappa shape index (κ1) is 19.0. The summed E-state index contributed by atoms with van der Waals surface area (Å²) in [5.74, 6) is 0. The Morgan fingerprint density at radius 1 is 1.21 bits per heavy atom. The average molecular weight is 326 g/mol. The molecule has 3 nitrogen and oxygen atoms in total. The minimum Gasteiger partial charge on any atom is -0.362 e. The van der Waals surface area contributed by atoms with Gasteiger partial charge < -0.3 is 10.6 Å². The van der Waals surface area contributed by atoms with Crippen molar-refractivity contribution in [2.24, 2.45) is 0 Å². The van der Waals surface area contributed by atoms with Crippen LogP contribution in [0.15, 0.2) is 0 Å². The van der Waals surface area contributed by atoms with Gasteiger partial charge >= 0.3 is 0 Å². The summed E-state index contributed by atoms with van der Waals surface area (Å²) in [6.07, 6.45) is 5.92. The van der Waals surface area contributed by atoms with Crippen molar-refractivity contribution in [2.45, 2.75) is 52.0 Å². The SMILES string of the molecule is CCCNc1nc2c(s1)C[C@@H](NCCC)CC2.Cl.Cl. The zero-order valence-electron chi connectivity index (χ0n) is 11.7. The fourth-order valence-corrected chi connectivity index (χ4v) is 3.32. The second-order valence-corrected chi connectivity index (χ2v) is 5.79. The Bertz CT molecular complexity index is 358. The molecule has 2 N–H and O–H groups in total. The zero-order valence-corrected chi connectivity index (χ0v) is 14.1. The molecule has 6 heteroatoms. The van der Waals surface area contributed by atoms with Crippen LogP contribution in [0.3, 0.4) is 0 Å². The summed E-state index contributed by atoms with van der Waals surface area (Å²) in [5.41, 5.74) is 1.34. The monoisotopic (exact) mass is 325 g/mol. The molecule has 0 aromatic carbocycles. The van der Waals surface area contributed by atoms with Gasteiger partial charge in [0, 0.05) is 17.5 Å². The molecule has 0 amide bonds. The molecule has 112 valence electrons. The van der Waals surface area contributed by atoms with E-state index < -0.39 is 0 Å². The molecule has 0 unspecified atom stereocenters. The van der Waals surface area contributed by atoms with Crippen LogP contribution < -0.4 is 10.6 Å². The summed E-state index contributed by atoms with van der Waals surface area (Å²) < 4.78 is 0. The van der Waals surface area contributed by atoms with E-state index in [9.17, 15) is 0 Å². The van der Waals surface area contributed by atoms with Crippen molar-refractivity contribution in [1.29, 1.82) is 0 Å². The van der Waals surface area contributed by atoms with Crippen molar-refractivity contribution in [3.63, 3.8) is 0 Å². The molecule has 1 atom stereocenters. The van der Waals surface area contributed by atoms with Crippen molar-refractivity contribution in [3.8, 4) is 0 Å². The Kier molecular flexibility index (Phi) is 9.79. The molecule has 1 aliphatic rings. The van der Waals surface area contributed by atoms with Crippen LogP contribution in [0.2, 0.25) is 0 Å². The minimum absolute atomic E-state index is 0. The van der Waals surface area contributed by atoms with Gasteiger partial charge in [0.25, 0.3) is 0 Å². The fourth-order valence-electron chi connectivity index (χ4n) is 2.21. The first-order valence-electron chi connectivity index (χ1n) is 6.79. The van der Waals surface area contributed by atoms with E-state index in [0.717, 1.165) is 31.1 Å². The van der Waals surface area contributed by atoms with Gasteiger partial charge in [-0.3, -0.25) is 0 Å². The zero-order chi connectivity index (χ0) is 12.1. The number of aromatic nitrogens is 1. The number of rotatable bonds is 6. The molecule has 0 radical (unpaired) electrons. The molecular weight excluding hydrogens is 301 g/mol. The number of fused-ring (bicyclic) bond motifs is 1. The number of anilines is 1. The number of hydrogen-bond acceptors (Lipinski definition) is 4. The van der Waals surface area contributed by atoms with Crippen LogP contribution in [0.5, 0.6) is 0 Å². The normalized spacial score (nSPS) is 17.1. The van der Waals surface area contributed by atoms with Crippen LogP contribution >= 0.6 is 36.2 Å². The van der Waals surface area contributed by atoms with Crippen LogP contribution in [0.25, 0.3) is 0 Å². The number of nitrogens with one attached hydrogen (secondary N) is 2. The summed E-state index contributed by atoms with van der Waals surface area (Å²) in [5, 5.41) is 8.14. The summed E-state index contributed by atoms with van der Waals surface area (Å²) in [6, 6.07) is 0.668. The Morgan fingerprint density at radius 2 is 1.95 bits per heavy atom. The fraction of sp³-hybridized carbons (Fsp3) is 0.769. The van der Waals surface area contributed by atoms with E-state index in [1.807, 2.05) is 11.3 Å². The molecular formula is C13H25Cl2N3S. The van der Waals surface area contributed by atoms with E-state index in [-0.39, 0.29) is 24.8 Å². The molecule has 0 spiro atoms. The quantitative estimate of drug-likeness (QED) is 0.837. The van der Waals surface area contributed by atoms with Gasteiger partial charge in [-0.15, -0.1) is 36.2 Å². The van der Waals surface area contributed by atoms with Crippen LogP contribution in [-0.2, 0) is 12.8 Å². The lowest BCUT2D eigenvalue weighted by Gasteiger charge is -2.21. The van der Waals surface area contributed by atoms with Gasteiger partial charge in [-0.1, -0.05) is 13.8 Å². The third kappa shape index (κ3) is 5.46. The number of aryl methyl sites for hydroxylation is 1. The third-order valence-corrected chi connectivity index (χ3v) is 4.23. The van der Waals surface area contributed by atoms with E-state index >= 15 is 0 Å². The van der Waals surface area contributed by atoms with Gasteiger partial charge in [0.15, 0.2) is 5.13 Å². The Balaban J connectivity index is 0.00000162. The Hall–Kier alpha value is -0.0300. The number of halogens is 2. The van der Waals surface area contributed by atoms with E-state index in [2.05, 4.69) is 29.5 Å².